The molecule has 2 rings (SSSR count). The van der Waals surface area contributed by atoms with Gasteiger partial charge in [-0.2, -0.15) is 0 Å². The summed E-state index contributed by atoms with van der Waals surface area (Å²) in [6.45, 7) is 4.45. The zero-order valence-corrected chi connectivity index (χ0v) is 12.5. The molecule has 0 bridgehead atoms. The van der Waals surface area contributed by atoms with Gasteiger partial charge in [-0.3, -0.25) is 0 Å². The first-order chi connectivity index (χ1) is 8.66. The topological polar surface area (TPSA) is 0 Å². The van der Waals surface area contributed by atoms with Crippen molar-refractivity contribution in [2.75, 3.05) is 0 Å². The van der Waals surface area contributed by atoms with Crippen molar-refractivity contribution in [3.05, 3.63) is 71.3 Å². The van der Waals surface area contributed by atoms with E-state index in [4.69, 9.17) is 0 Å². The fourth-order valence-corrected chi connectivity index (χ4v) is 2.77. The maximum absolute atomic E-state index is 3.83. The molecule has 0 aromatic heterocycles. The van der Waals surface area contributed by atoms with Crippen LogP contribution >= 0.6 is 15.9 Å². The Morgan fingerprint density at radius 3 is 2.39 bits per heavy atom. The average Bonchev–Trinajstić information content (AvgIpc) is 2.39. The second-order valence-electron chi connectivity index (χ2n) is 4.98. The lowest BCUT2D eigenvalue weighted by Crippen LogP contribution is -2.07. The molecule has 2 aromatic carbocycles. The predicted octanol–water partition coefficient (Wildman–Crippen LogP) is 5.31. The van der Waals surface area contributed by atoms with E-state index in [1.165, 1.54) is 16.7 Å². The van der Waals surface area contributed by atoms with Gasteiger partial charge >= 0.3 is 0 Å². The van der Waals surface area contributed by atoms with Crippen LogP contribution in [0, 0.1) is 12.8 Å². The highest BCUT2D eigenvalue weighted by Crippen LogP contribution is 2.32. The summed E-state index contributed by atoms with van der Waals surface area (Å²) in [5, 5.41) is 0. The lowest BCUT2D eigenvalue weighted by atomic mass is 9.93. The van der Waals surface area contributed by atoms with Crippen LogP contribution in [0.5, 0.6) is 0 Å². The molecule has 0 saturated carbocycles. The maximum Gasteiger partial charge on any atom is 0.0424 e. The zero-order chi connectivity index (χ0) is 13.0. The number of rotatable bonds is 4. The molecule has 0 fully saturated rings. The standard InChI is InChI=1S/C17H19Br/c1-13-7-6-8-15(11-13)12-14(2)17(18)16-9-4-3-5-10-16/h3-11,14,17H,12H2,1-2H3. The number of halogens is 1. The molecule has 1 heteroatoms. The number of hydrogen-bond acceptors (Lipinski definition) is 0. The maximum atomic E-state index is 3.83. The van der Waals surface area contributed by atoms with Gasteiger partial charge in [-0.15, -0.1) is 0 Å². The molecule has 0 heterocycles. The molecule has 2 aromatic rings. The second kappa shape index (κ2) is 6.19. The molecular formula is C17H19Br. The van der Waals surface area contributed by atoms with Gasteiger partial charge in [0.2, 0.25) is 0 Å². The van der Waals surface area contributed by atoms with Crippen LogP contribution in [0.1, 0.15) is 28.4 Å². The minimum absolute atomic E-state index is 0.416. The van der Waals surface area contributed by atoms with Crippen LogP contribution in [0.3, 0.4) is 0 Å². The van der Waals surface area contributed by atoms with Crippen molar-refractivity contribution in [2.45, 2.75) is 25.1 Å². The number of aryl methyl sites for hydroxylation is 1. The highest BCUT2D eigenvalue weighted by atomic mass is 79.9. The lowest BCUT2D eigenvalue weighted by Gasteiger charge is -2.19. The molecule has 94 valence electrons. The Kier molecular flexibility index (Phi) is 4.60. The van der Waals surface area contributed by atoms with Crippen molar-refractivity contribution >= 4 is 15.9 Å². The Labute approximate surface area is 118 Å². The average molecular weight is 303 g/mol. The Bertz CT molecular complexity index is 490. The third-order valence-electron chi connectivity index (χ3n) is 3.26. The molecule has 0 saturated heterocycles. The quantitative estimate of drug-likeness (QED) is 0.671. The van der Waals surface area contributed by atoms with Crippen LogP contribution in [0.2, 0.25) is 0 Å². The minimum Gasteiger partial charge on any atom is -0.0836 e. The fourth-order valence-electron chi connectivity index (χ4n) is 2.28. The molecule has 0 N–H and O–H groups in total. The van der Waals surface area contributed by atoms with Crippen LogP contribution in [0.15, 0.2) is 54.6 Å². The van der Waals surface area contributed by atoms with Crippen molar-refractivity contribution in [3.63, 3.8) is 0 Å². The van der Waals surface area contributed by atoms with Gasteiger partial charge in [0, 0.05) is 4.83 Å². The van der Waals surface area contributed by atoms with E-state index in [0.29, 0.717) is 10.7 Å². The zero-order valence-electron chi connectivity index (χ0n) is 10.9. The molecule has 0 aliphatic heterocycles. The first-order valence-corrected chi connectivity index (χ1v) is 7.33. The summed E-state index contributed by atoms with van der Waals surface area (Å²) in [5.41, 5.74) is 4.12. The van der Waals surface area contributed by atoms with E-state index in [-0.39, 0.29) is 0 Å². The molecule has 2 unspecified atom stereocenters. The predicted molar refractivity (Wildman–Crippen MR) is 82.2 cm³/mol. The number of hydrogen-bond donors (Lipinski definition) is 0. The highest BCUT2D eigenvalue weighted by Gasteiger charge is 2.16. The van der Waals surface area contributed by atoms with E-state index in [2.05, 4.69) is 84.4 Å². The molecule has 2 atom stereocenters. The van der Waals surface area contributed by atoms with Gasteiger partial charge in [0.15, 0.2) is 0 Å². The van der Waals surface area contributed by atoms with Crippen LogP contribution in [0.25, 0.3) is 0 Å². The van der Waals surface area contributed by atoms with Gasteiger partial charge in [0.1, 0.15) is 0 Å². The van der Waals surface area contributed by atoms with E-state index < -0.39 is 0 Å². The number of alkyl halides is 1. The summed E-state index contributed by atoms with van der Waals surface area (Å²) >= 11 is 3.83. The van der Waals surface area contributed by atoms with E-state index in [0.717, 1.165) is 6.42 Å². The summed E-state index contributed by atoms with van der Waals surface area (Å²) in [4.78, 5) is 0.416. The normalized spacial score (nSPS) is 14.2. The third-order valence-corrected chi connectivity index (χ3v) is 4.69. The Morgan fingerprint density at radius 1 is 1.00 bits per heavy atom. The second-order valence-corrected chi connectivity index (χ2v) is 5.97. The van der Waals surface area contributed by atoms with Gasteiger partial charge in [0.05, 0.1) is 0 Å². The molecule has 18 heavy (non-hydrogen) atoms. The molecule has 0 nitrogen and oxygen atoms in total. The summed E-state index contributed by atoms with van der Waals surface area (Å²) in [6, 6.07) is 19.4. The van der Waals surface area contributed by atoms with Crippen molar-refractivity contribution < 1.29 is 0 Å². The molecule has 0 amide bonds. The third kappa shape index (κ3) is 3.46. The van der Waals surface area contributed by atoms with Crippen molar-refractivity contribution in [3.8, 4) is 0 Å². The van der Waals surface area contributed by atoms with Gasteiger partial charge in [0.25, 0.3) is 0 Å². The highest BCUT2D eigenvalue weighted by molar-refractivity contribution is 9.09. The smallest absolute Gasteiger partial charge is 0.0424 e. The molecule has 0 radical (unpaired) electrons. The van der Waals surface area contributed by atoms with Gasteiger partial charge in [-0.05, 0) is 30.4 Å². The van der Waals surface area contributed by atoms with E-state index in [9.17, 15) is 0 Å². The van der Waals surface area contributed by atoms with Crippen molar-refractivity contribution in [1.82, 2.24) is 0 Å². The summed E-state index contributed by atoms with van der Waals surface area (Å²) in [5.74, 6) is 0.578. The van der Waals surface area contributed by atoms with E-state index in [1.807, 2.05) is 0 Å². The van der Waals surface area contributed by atoms with Crippen LogP contribution < -0.4 is 0 Å². The van der Waals surface area contributed by atoms with Gasteiger partial charge in [-0.1, -0.05) is 83.0 Å². The first kappa shape index (κ1) is 13.4. The summed E-state index contributed by atoms with van der Waals surface area (Å²) < 4.78 is 0. The Morgan fingerprint density at radius 2 is 1.72 bits per heavy atom. The first-order valence-electron chi connectivity index (χ1n) is 6.41. The number of benzene rings is 2. The minimum atomic E-state index is 0.416. The van der Waals surface area contributed by atoms with Gasteiger partial charge in [-0.25, -0.2) is 0 Å². The SMILES string of the molecule is Cc1cccc(CC(C)C(Br)c2ccccc2)c1. The van der Waals surface area contributed by atoms with Crippen LogP contribution in [-0.2, 0) is 6.42 Å². The van der Waals surface area contributed by atoms with E-state index >= 15 is 0 Å². The monoisotopic (exact) mass is 302 g/mol. The molecule has 0 spiro atoms. The largest absolute Gasteiger partial charge is 0.0836 e. The van der Waals surface area contributed by atoms with Crippen molar-refractivity contribution in [1.29, 1.82) is 0 Å². The van der Waals surface area contributed by atoms with Crippen LogP contribution in [0.4, 0.5) is 0 Å². The summed E-state index contributed by atoms with van der Waals surface area (Å²) in [6.07, 6.45) is 1.10. The lowest BCUT2D eigenvalue weighted by molar-refractivity contribution is 0.572. The molecule has 0 aliphatic carbocycles. The molecular weight excluding hydrogens is 284 g/mol. The van der Waals surface area contributed by atoms with E-state index in [1.54, 1.807) is 0 Å². The Balaban J connectivity index is 2.06. The molecule has 0 aliphatic rings. The van der Waals surface area contributed by atoms with Crippen LogP contribution in [-0.4, -0.2) is 0 Å². The van der Waals surface area contributed by atoms with Gasteiger partial charge < -0.3 is 0 Å². The summed E-state index contributed by atoms with van der Waals surface area (Å²) in [7, 11) is 0. The Hall–Kier alpha value is -1.08. The van der Waals surface area contributed by atoms with Crippen molar-refractivity contribution in [2.24, 2.45) is 5.92 Å². The fraction of sp³-hybridized carbons (Fsp3) is 0.294.